The van der Waals surface area contributed by atoms with Gasteiger partial charge in [-0.1, -0.05) is 12.1 Å². The van der Waals surface area contributed by atoms with E-state index in [9.17, 15) is 18.1 Å². The molecule has 1 saturated heterocycles. The molecule has 1 amide bonds. The van der Waals surface area contributed by atoms with Crippen LogP contribution in [0, 0.1) is 12.7 Å². The van der Waals surface area contributed by atoms with Gasteiger partial charge in [-0.15, -0.1) is 0 Å². The van der Waals surface area contributed by atoms with Crippen molar-refractivity contribution in [3.05, 3.63) is 53.2 Å². The fourth-order valence-electron chi connectivity index (χ4n) is 4.40. The van der Waals surface area contributed by atoms with Crippen molar-refractivity contribution < 1.29 is 22.5 Å². The summed E-state index contributed by atoms with van der Waals surface area (Å²) >= 11 is 0. The van der Waals surface area contributed by atoms with Crippen LogP contribution in [0.3, 0.4) is 0 Å². The summed E-state index contributed by atoms with van der Waals surface area (Å²) in [6, 6.07) is 4.79. The van der Waals surface area contributed by atoms with Gasteiger partial charge in [0, 0.05) is 50.3 Å². The number of nitrogens with zero attached hydrogens (tertiary/aromatic N) is 4. The van der Waals surface area contributed by atoms with Crippen molar-refractivity contribution in [3.63, 3.8) is 0 Å². The van der Waals surface area contributed by atoms with Crippen LogP contribution in [-0.2, 0) is 15.3 Å². The highest BCUT2D eigenvalue weighted by Crippen LogP contribution is 2.44. The van der Waals surface area contributed by atoms with E-state index in [1.165, 1.54) is 26.1 Å². The van der Waals surface area contributed by atoms with Crippen LogP contribution in [0.2, 0.25) is 0 Å². The van der Waals surface area contributed by atoms with Crippen molar-refractivity contribution in [2.75, 3.05) is 44.3 Å². The molecule has 0 radical (unpaired) electrons. The number of fused-ring (bicyclic) bond motifs is 1. The van der Waals surface area contributed by atoms with Gasteiger partial charge in [-0.05, 0) is 26.0 Å². The summed E-state index contributed by atoms with van der Waals surface area (Å²) < 4.78 is 58.7. The van der Waals surface area contributed by atoms with E-state index >= 15 is 4.39 Å². The molecule has 12 heteroatoms. The lowest BCUT2D eigenvalue weighted by molar-refractivity contribution is -0.133. The predicted octanol–water partition coefficient (Wildman–Crippen LogP) is 3.81. The highest BCUT2D eigenvalue weighted by atomic mass is 31.2. The van der Waals surface area contributed by atoms with Gasteiger partial charge in [-0.25, -0.2) is 14.4 Å². The molecule has 1 fully saturated rings. The topological polar surface area (TPSA) is 100 Å². The number of alkyl halides is 2. The number of aromatic nitrogens is 3. The maximum atomic E-state index is 15.4. The van der Waals surface area contributed by atoms with Crippen LogP contribution in [0.15, 0.2) is 30.5 Å². The minimum atomic E-state index is -3.58. The Labute approximate surface area is 213 Å². The number of nitrogens with one attached hydrogen (secondary N) is 2. The average Bonchev–Trinajstić information content (AvgIpc) is 2.83. The Morgan fingerprint density at radius 3 is 2.65 bits per heavy atom. The summed E-state index contributed by atoms with van der Waals surface area (Å²) in [4.78, 5) is 25.6. The maximum Gasteiger partial charge on any atom is 0.293 e. The number of hydrogen-bond acceptors (Lipinski definition) is 7. The Balaban J connectivity index is 1.69. The second kappa shape index (κ2) is 10.4. The van der Waals surface area contributed by atoms with E-state index in [0.29, 0.717) is 53.4 Å². The molecule has 1 atom stereocenters. The van der Waals surface area contributed by atoms with Gasteiger partial charge in [0.1, 0.15) is 30.0 Å². The number of amides is 1. The van der Waals surface area contributed by atoms with Gasteiger partial charge in [0.25, 0.3) is 5.92 Å². The number of carbonyl (C=O) groups excluding carboxylic acids is 1. The molecule has 0 bridgehead atoms. The molecule has 2 N–H and O–H groups in total. The Morgan fingerprint density at radius 2 is 1.97 bits per heavy atom. The Hall–Kier alpha value is -3.04. The molecule has 4 rings (SSSR count). The summed E-state index contributed by atoms with van der Waals surface area (Å²) in [6.45, 7) is 4.86. The fourth-order valence-corrected chi connectivity index (χ4v) is 6.75. The SMILES string of the molecule is CC(=O)N(C)CC(F)(F)c1cccc([C@@H](C)Nc2nc(C)nc3cnc(P4(=O)CCNCC4)cc23)c1F. The zero-order valence-electron chi connectivity index (χ0n) is 21.2. The molecule has 2 aromatic heterocycles. The first kappa shape index (κ1) is 27.0. The van der Waals surface area contributed by atoms with Gasteiger partial charge in [-0.3, -0.25) is 9.78 Å². The number of benzene rings is 1. The van der Waals surface area contributed by atoms with Gasteiger partial charge in [0.15, 0.2) is 0 Å². The van der Waals surface area contributed by atoms with Crippen LogP contribution in [-0.4, -0.2) is 64.8 Å². The number of likely N-dealkylation sites (N-methyl/N-ethyl adjacent to an activating group) is 1. The first-order chi connectivity index (χ1) is 17.4. The second-order valence-corrected chi connectivity index (χ2v) is 12.6. The summed E-state index contributed by atoms with van der Waals surface area (Å²) in [5, 5.41) is 6.90. The van der Waals surface area contributed by atoms with E-state index in [-0.39, 0.29) is 5.56 Å². The molecule has 0 saturated carbocycles. The lowest BCUT2D eigenvalue weighted by Gasteiger charge is -2.25. The van der Waals surface area contributed by atoms with E-state index in [1.54, 1.807) is 26.1 Å². The zero-order chi connectivity index (χ0) is 27.0. The Kier molecular flexibility index (Phi) is 7.57. The smallest absolute Gasteiger partial charge is 0.293 e. The van der Waals surface area contributed by atoms with Gasteiger partial charge in [0.05, 0.1) is 29.9 Å². The Morgan fingerprint density at radius 1 is 1.27 bits per heavy atom. The van der Waals surface area contributed by atoms with E-state index in [2.05, 4.69) is 25.6 Å². The molecule has 0 aliphatic carbocycles. The van der Waals surface area contributed by atoms with Gasteiger partial charge >= 0.3 is 0 Å². The molecule has 37 heavy (non-hydrogen) atoms. The number of halogens is 3. The Bertz CT molecular complexity index is 1380. The van der Waals surface area contributed by atoms with Crippen LogP contribution in [0.4, 0.5) is 19.0 Å². The number of pyridine rings is 1. The standard InChI is InChI=1S/C25H30F3N6O2P/c1-15(18-6-5-7-20(23(18)26)25(27,28)14-34(4)17(3)35)31-24-19-12-22(37(36)10-8-29-9-11-37)30-13-21(19)32-16(2)33-24/h5-7,12-13,15,29H,8-11,14H2,1-4H3,(H,31,32,33)/t15-/m1/s1. The lowest BCUT2D eigenvalue weighted by Crippen LogP contribution is -2.36. The number of aryl methyl sites for hydroxylation is 1. The number of anilines is 1. The number of hydrogen-bond donors (Lipinski definition) is 2. The van der Waals surface area contributed by atoms with Crippen molar-refractivity contribution in [2.24, 2.45) is 0 Å². The lowest BCUT2D eigenvalue weighted by atomic mass is 9.99. The van der Waals surface area contributed by atoms with E-state index in [1.807, 2.05) is 0 Å². The molecule has 0 unspecified atom stereocenters. The maximum absolute atomic E-state index is 15.4. The molecule has 0 spiro atoms. The van der Waals surface area contributed by atoms with Crippen LogP contribution in [0.25, 0.3) is 10.9 Å². The fraction of sp³-hybridized carbons (Fsp3) is 0.440. The summed E-state index contributed by atoms with van der Waals surface area (Å²) in [6.07, 6.45) is 2.56. The van der Waals surface area contributed by atoms with Gasteiger partial charge < -0.3 is 20.1 Å². The van der Waals surface area contributed by atoms with E-state index < -0.39 is 42.9 Å². The molecule has 3 aromatic rings. The number of rotatable bonds is 7. The van der Waals surface area contributed by atoms with Crippen molar-refractivity contribution in [1.82, 2.24) is 25.2 Å². The number of carbonyl (C=O) groups is 1. The van der Waals surface area contributed by atoms with Gasteiger partial charge in [0.2, 0.25) is 5.91 Å². The summed E-state index contributed by atoms with van der Waals surface area (Å²) in [5.41, 5.74) is 0.256. The molecular formula is C25H30F3N6O2P. The molecule has 8 nitrogen and oxygen atoms in total. The average molecular weight is 535 g/mol. The molecule has 3 heterocycles. The minimum Gasteiger partial charge on any atom is -0.363 e. The molecular weight excluding hydrogens is 504 g/mol. The molecule has 1 aliphatic rings. The normalized spacial score (nSPS) is 16.4. The second-order valence-electron chi connectivity index (χ2n) is 9.42. The van der Waals surface area contributed by atoms with Gasteiger partial charge in [-0.2, -0.15) is 8.78 Å². The third-order valence-electron chi connectivity index (χ3n) is 6.61. The molecule has 198 valence electrons. The van der Waals surface area contributed by atoms with Crippen LogP contribution in [0.1, 0.15) is 36.8 Å². The largest absolute Gasteiger partial charge is 0.363 e. The van der Waals surface area contributed by atoms with Crippen LogP contribution in [0.5, 0.6) is 0 Å². The zero-order valence-corrected chi connectivity index (χ0v) is 22.1. The quantitative estimate of drug-likeness (QED) is 0.445. The van der Waals surface area contributed by atoms with Crippen molar-refractivity contribution in [3.8, 4) is 0 Å². The molecule has 1 aliphatic heterocycles. The van der Waals surface area contributed by atoms with Crippen molar-refractivity contribution >= 4 is 35.2 Å². The third-order valence-corrected chi connectivity index (χ3v) is 9.58. The van der Waals surface area contributed by atoms with Crippen LogP contribution >= 0.6 is 7.14 Å². The summed E-state index contributed by atoms with van der Waals surface area (Å²) in [5.74, 6) is -4.37. The van der Waals surface area contributed by atoms with Crippen molar-refractivity contribution in [1.29, 1.82) is 0 Å². The van der Waals surface area contributed by atoms with Crippen LogP contribution < -0.4 is 16.1 Å². The minimum absolute atomic E-state index is 0.0208. The third kappa shape index (κ3) is 5.62. The molecule has 1 aromatic carbocycles. The first-order valence-electron chi connectivity index (χ1n) is 12.0. The van der Waals surface area contributed by atoms with Crippen molar-refractivity contribution in [2.45, 2.75) is 32.7 Å². The highest BCUT2D eigenvalue weighted by Gasteiger charge is 2.38. The van der Waals surface area contributed by atoms with E-state index in [0.717, 1.165) is 11.0 Å². The van der Waals surface area contributed by atoms with E-state index in [4.69, 9.17) is 0 Å². The predicted molar refractivity (Wildman–Crippen MR) is 138 cm³/mol. The first-order valence-corrected chi connectivity index (χ1v) is 14.1. The monoisotopic (exact) mass is 534 g/mol. The highest BCUT2D eigenvalue weighted by molar-refractivity contribution is 7.71. The summed E-state index contributed by atoms with van der Waals surface area (Å²) in [7, 11) is -1.43.